The molecule has 1 unspecified atom stereocenters. The Balaban J connectivity index is 1.91. The lowest BCUT2D eigenvalue weighted by Crippen LogP contribution is -2.28. The van der Waals surface area contributed by atoms with Gasteiger partial charge >= 0.3 is 6.36 Å². The maximum absolute atomic E-state index is 13.9. The summed E-state index contributed by atoms with van der Waals surface area (Å²) < 4.78 is 55.5. The van der Waals surface area contributed by atoms with E-state index in [0.717, 1.165) is 31.4 Å². The molecule has 1 aliphatic rings. The Labute approximate surface area is 192 Å². The molecule has 1 amide bonds. The van der Waals surface area contributed by atoms with Gasteiger partial charge < -0.3 is 15.6 Å². The van der Waals surface area contributed by atoms with Crippen molar-refractivity contribution in [2.45, 2.75) is 31.5 Å². The summed E-state index contributed by atoms with van der Waals surface area (Å²) in [6.45, 7) is -0.296. The van der Waals surface area contributed by atoms with Crippen LogP contribution in [0.2, 0.25) is 0 Å². The molecule has 6 nitrogen and oxygen atoms in total. The van der Waals surface area contributed by atoms with Gasteiger partial charge in [0.2, 0.25) is 0 Å². The number of alkyl halides is 3. The van der Waals surface area contributed by atoms with Gasteiger partial charge in [-0.3, -0.25) is 4.79 Å². The zero-order chi connectivity index (χ0) is 24.5. The van der Waals surface area contributed by atoms with Crippen LogP contribution in [0.3, 0.4) is 0 Å². The molecule has 10 heteroatoms. The Hall–Kier alpha value is -3.53. The van der Waals surface area contributed by atoms with E-state index in [-0.39, 0.29) is 35.3 Å². The van der Waals surface area contributed by atoms with Crippen LogP contribution >= 0.6 is 0 Å². The summed E-state index contributed by atoms with van der Waals surface area (Å²) >= 11 is 0. The minimum Gasteiger partial charge on any atom is -0.406 e. The minimum absolute atomic E-state index is 0.0213. The lowest BCUT2D eigenvalue weighted by molar-refractivity contribution is -0.274. The van der Waals surface area contributed by atoms with E-state index >= 15 is 0 Å². The number of aliphatic hydroxyl groups is 1. The lowest BCUT2D eigenvalue weighted by atomic mass is 9.72. The summed E-state index contributed by atoms with van der Waals surface area (Å²) in [5.74, 6) is -2.23. The van der Waals surface area contributed by atoms with Crippen LogP contribution in [0.4, 0.5) is 17.6 Å². The molecule has 1 saturated carbocycles. The van der Waals surface area contributed by atoms with Crippen LogP contribution in [0.25, 0.3) is 22.6 Å². The number of nitrogens with zero attached hydrogens (tertiary/aromatic N) is 2. The molecular formula is C24H21F4N3O3. The molecule has 34 heavy (non-hydrogen) atoms. The molecule has 0 radical (unpaired) electrons. The Morgan fingerprint density at radius 1 is 1.12 bits per heavy atom. The van der Waals surface area contributed by atoms with E-state index < -0.39 is 29.8 Å². The average Bonchev–Trinajstić information content (AvgIpc) is 2.74. The summed E-state index contributed by atoms with van der Waals surface area (Å²) in [5, 5.41) is 10.2. The van der Waals surface area contributed by atoms with Gasteiger partial charge in [0.15, 0.2) is 5.82 Å². The molecular weight excluding hydrogens is 454 g/mol. The van der Waals surface area contributed by atoms with Crippen LogP contribution in [-0.4, -0.2) is 34.0 Å². The van der Waals surface area contributed by atoms with E-state index in [9.17, 15) is 27.5 Å². The highest BCUT2D eigenvalue weighted by Crippen LogP contribution is 2.43. The van der Waals surface area contributed by atoms with Gasteiger partial charge in [-0.25, -0.2) is 14.4 Å². The summed E-state index contributed by atoms with van der Waals surface area (Å²) in [6, 6.07) is 10.4. The van der Waals surface area contributed by atoms with Gasteiger partial charge in [0.05, 0.1) is 12.3 Å². The molecule has 2 aromatic carbocycles. The number of benzene rings is 2. The number of carbonyl (C=O) groups is 1. The molecule has 3 aromatic rings. The first-order chi connectivity index (χ1) is 16.2. The second kappa shape index (κ2) is 9.38. The number of hydrogen-bond acceptors (Lipinski definition) is 5. The van der Waals surface area contributed by atoms with Gasteiger partial charge in [-0.15, -0.1) is 13.2 Å². The van der Waals surface area contributed by atoms with Gasteiger partial charge in [0, 0.05) is 22.6 Å². The molecule has 4 rings (SSSR count). The number of nitrogens with two attached hydrogens (primary N) is 1. The number of rotatable bonds is 7. The van der Waals surface area contributed by atoms with Crippen molar-refractivity contribution in [1.29, 1.82) is 0 Å². The number of aliphatic hydroxyl groups excluding tert-OH is 1. The van der Waals surface area contributed by atoms with Crippen molar-refractivity contribution in [3.05, 3.63) is 65.6 Å². The van der Waals surface area contributed by atoms with Crippen molar-refractivity contribution in [1.82, 2.24) is 9.97 Å². The Morgan fingerprint density at radius 3 is 2.35 bits per heavy atom. The van der Waals surface area contributed by atoms with Crippen molar-refractivity contribution in [2.75, 3.05) is 6.61 Å². The number of primary amides is 1. The molecule has 0 aliphatic heterocycles. The largest absolute Gasteiger partial charge is 0.573 e. The quantitative estimate of drug-likeness (QED) is 0.478. The van der Waals surface area contributed by atoms with Crippen LogP contribution in [0.15, 0.2) is 48.5 Å². The Kier molecular flexibility index (Phi) is 6.52. The highest BCUT2D eigenvalue weighted by molar-refractivity contribution is 5.95. The van der Waals surface area contributed by atoms with E-state index in [0.29, 0.717) is 11.1 Å². The average molecular weight is 475 g/mol. The molecule has 0 spiro atoms. The maximum atomic E-state index is 13.9. The SMILES string of the molecule is NC(=O)c1nc(-c2cccc(F)c2)nc(-c2ccc(OC(F)(F)F)cc2)c1C(CO)C1CCC1. The number of halogens is 4. The molecule has 1 atom stereocenters. The molecule has 3 N–H and O–H groups in total. The molecule has 1 aromatic heterocycles. The lowest BCUT2D eigenvalue weighted by Gasteiger charge is -2.34. The van der Waals surface area contributed by atoms with Crippen LogP contribution in [-0.2, 0) is 0 Å². The molecule has 1 aliphatic carbocycles. The summed E-state index contributed by atoms with van der Waals surface area (Å²) in [7, 11) is 0. The molecule has 0 saturated heterocycles. The van der Waals surface area contributed by atoms with Crippen LogP contribution in [0, 0.1) is 11.7 Å². The summed E-state index contributed by atoms with van der Waals surface area (Å²) in [5.41, 5.74) is 6.74. The van der Waals surface area contributed by atoms with Gasteiger partial charge in [-0.2, -0.15) is 0 Å². The van der Waals surface area contributed by atoms with E-state index in [1.165, 1.54) is 30.3 Å². The number of amides is 1. The third kappa shape index (κ3) is 5.01. The molecule has 1 heterocycles. The van der Waals surface area contributed by atoms with Crippen molar-refractivity contribution in [3.8, 4) is 28.4 Å². The van der Waals surface area contributed by atoms with Gasteiger partial charge in [-0.05, 0) is 55.2 Å². The fraction of sp³-hybridized carbons (Fsp3) is 0.292. The third-order valence-electron chi connectivity index (χ3n) is 5.91. The van der Waals surface area contributed by atoms with Gasteiger partial charge in [-0.1, -0.05) is 18.6 Å². The number of hydrogen-bond donors (Lipinski definition) is 2. The second-order valence-electron chi connectivity index (χ2n) is 8.08. The van der Waals surface area contributed by atoms with Crippen molar-refractivity contribution < 1.29 is 32.2 Å². The normalized spacial score (nSPS) is 15.0. The fourth-order valence-corrected chi connectivity index (χ4v) is 4.12. The minimum atomic E-state index is -4.85. The standard InChI is InChI=1S/C24H21F4N3O3/c25-16-6-2-5-15(11-16)23-30-20(14-7-9-17(10-8-14)34-24(26,27)28)19(21(31-23)22(29)33)18(12-32)13-3-1-4-13/h2,5-11,13,18,32H,1,3-4,12H2,(H2,29,33). The summed E-state index contributed by atoms with van der Waals surface area (Å²) in [6.07, 6.45) is -2.23. The van der Waals surface area contributed by atoms with E-state index in [4.69, 9.17) is 5.73 Å². The first kappa shape index (κ1) is 23.6. The number of aromatic nitrogens is 2. The molecule has 1 fully saturated rings. The monoisotopic (exact) mass is 475 g/mol. The van der Waals surface area contributed by atoms with Crippen molar-refractivity contribution in [3.63, 3.8) is 0 Å². The fourth-order valence-electron chi connectivity index (χ4n) is 4.12. The van der Waals surface area contributed by atoms with Gasteiger partial charge in [0.25, 0.3) is 5.91 Å². The first-order valence-corrected chi connectivity index (χ1v) is 10.6. The summed E-state index contributed by atoms with van der Waals surface area (Å²) in [4.78, 5) is 21.3. The Morgan fingerprint density at radius 2 is 1.82 bits per heavy atom. The van der Waals surface area contributed by atoms with E-state index in [1.54, 1.807) is 6.07 Å². The smallest absolute Gasteiger partial charge is 0.406 e. The highest BCUT2D eigenvalue weighted by Gasteiger charge is 2.35. The second-order valence-corrected chi connectivity index (χ2v) is 8.08. The third-order valence-corrected chi connectivity index (χ3v) is 5.91. The van der Waals surface area contributed by atoms with Crippen LogP contribution in [0.1, 0.15) is 41.2 Å². The first-order valence-electron chi connectivity index (χ1n) is 10.6. The molecule has 0 bridgehead atoms. The van der Waals surface area contributed by atoms with E-state index in [2.05, 4.69) is 14.7 Å². The predicted molar refractivity (Wildman–Crippen MR) is 115 cm³/mol. The number of ether oxygens (including phenoxy) is 1. The zero-order valence-corrected chi connectivity index (χ0v) is 17.8. The van der Waals surface area contributed by atoms with E-state index in [1.807, 2.05) is 0 Å². The topological polar surface area (TPSA) is 98.3 Å². The van der Waals surface area contributed by atoms with Crippen LogP contribution < -0.4 is 10.5 Å². The van der Waals surface area contributed by atoms with Gasteiger partial charge in [0.1, 0.15) is 17.3 Å². The number of carbonyl (C=O) groups excluding carboxylic acids is 1. The highest BCUT2D eigenvalue weighted by atomic mass is 19.4. The van der Waals surface area contributed by atoms with Crippen molar-refractivity contribution >= 4 is 5.91 Å². The maximum Gasteiger partial charge on any atom is 0.573 e. The van der Waals surface area contributed by atoms with Crippen molar-refractivity contribution in [2.24, 2.45) is 11.7 Å². The van der Waals surface area contributed by atoms with Crippen LogP contribution in [0.5, 0.6) is 5.75 Å². The predicted octanol–water partition coefficient (Wildman–Crippen LogP) is 4.82. The Bertz CT molecular complexity index is 1200. The molecule has 178 valence electrons. The zero-order valence-electron chi connectivity index (χ0n) is 17.8.